The molecule has 0 spiro atoms. The van der Waals surface area contributed by atoms with Gasteiger partial charge in [-0.25, -0.2) is 0 Å². The fourth-order valence-electron chi connectivity index (χ4n) is 5.78. The Balaban J connectivity index is 1.82. The smallest absolute Gasteiger partial charge is 0.0496 e. The summed E-state index contributed by atoms with van der Waals surface area (Å²) in [7, 11) is 2.21. The molecule has 1 nitrogen and oxygen atoms in total. The molecule has 0 amide bonds. The van der Waals surface area contributed by atoms with Crippen molar-refractivity contribution in [3.63, 3.8) is 0 Å². The normalized spacial score (nSPS) is 14.8. The third kappa shape index (κ3) is 1.80. The predicted octanol–water partition coefficient (Wildman–Crippen LogP) is 8.01. The van der Waals surface area contributed by atoms with Gasteiger partial charge in [0.15, 0.2) is 0 Å². The van der Waals surface area contributed by atoms with Gasteiger partial charge in [0.1, 0.15) is 0 Å². The molecule has 0 atom stereocenters. The van der Waals surface area contributed by atoms with Crippen molar-refractivity contribution in [2.45, 2.75) is 19.3 Å². The molecule has 0 fully saturated rings. The van der Waals surface area contributed by atoms with Crippen molar-refractivity contribution in [3.8, 4) is 11.1 Å². The second kappa shape index (κ2) is 5.33. The van der Waals surface area contributed by atoms with Crippen molar-refractivity contribution in [2.75, 3.05) is 0 Å². The molecule has 30 heavy (non-hydrogen) atoms. The molecule has 0 saturated heterocycles. The van der Waals surface area contributed by atoms with Gasteiger partial charge in [-0.05, 0) is 46.5 Å². The average molecular weight is 404 g/mol. The number of fused-ring (bicyclic) bond motifs is 11. The summed E-state index contributed by atoms with van der Waals surface area (Å²) in [4.78, 5) is 0. The third-order valence-corrected chi connectivity index (χ3v) is 8.36. The van der Waals surface area contributed by atoms with Gasteiger partial charge in [-0.15, -0.1) is 11.3 Å². The van der Waals surface area contributed by atoms with E-state index in [9.17, 15) is 0 Å². The standard InChI is InChI=1S/C28H21NS/c1-28(2)18-10-6-4-8-16(18)24-19(28)12-13-20-26(24)27-21(29(20)3)14-15-23-25(27)17-9-5-7-11-22(17)30-23/h4-15H,1-3H3. The van der Waals surface area contributed by atoms with E-state index in [0.717, 1.165) is 0 Å². The van der Waals surface area contributed by atoms with E-state index in [2.05, 4.69) is 98.3 Å². The molecular weight excluding hydrogens is 382 g/mol. The fraction of sp³-hybridized carbons (Fsp3) is 0.143. The quantitative estimate of drug-likeness (QED) is 0.242. The second-order valence-corrected chi connectivity index (χ2v) is 10.1. The summed E-state index contributed by atoms with van der Waals surface area (Å²) in [5.41, 5.74) is 8.36. The van der Waals surface area contributed by atoms with Crippen molar-refractivity contribution in [2.24, 2.45) is 7.05 Å². The number of aromatic nitrogens is 1. The highest BCUT2D eigenvalue weighted by Crippen LogP contribution is 2.54. The van der Waals surface area contributed by atoms with Gasteiger partial charge in [0.25, 0.3) is 0 Å². The highest BCUT2D eigenvalue weighted by molar-refractivity contribution is 7.26. The first-order valence-electron chi connectivity index (χ1n) is 10.5. The van der Waals surface area contributed by atoms with Crippen LogP contribution >= 0.6 is 11.3 Å². The van der Waals surface area contributed by atoms with Crippen LogP contribution in [0.3, 0.4) is 0 Å². The van der Waals surface area contributed by atoms with Crippen LogP contribution in [0.2, 0.25) is 0 Å². The van der Waals surface area contributed by atoms with Crippen molar-refractivity contribution in [3.05, 3.63) is 83.9 Å². The summed E-state index contributed by atoms with van der Waals surface area (Å²) in [6.45, 7) is 4.73. The van der Waals surface area contributed by atoms with Crippen LogP contribution in [0.1, 0.15) is 25.0 Å². The molecule has 4 aromatic carbocycles. The minimum Gasteiger partial charge on any atom is -0.344 e. The van der Waals surface area contributed by atoms with E-state index in [0.29, 0.717) is 0 Å². The van der Waals surface area contributed by atoms with Gasteiger partial charge in [-0.2, -0.15) is 0 Å². The number of rotatable bonds is 0. The van der Waals surface area contributed by atoms with Crippen LogP contribution in [0, 0.1) is 0 Å². The Kier molecular flexibility index (Phi) is 2.96. The maximum atomic E-state index is 2.38. The minimum atomic E-state index is 0.0207. The molecule has 2 aromatic heterocycles. The lowest BCUT2D eigenvalue weighted by atomic mass is 9.82. The molecule has 0 saturated carbocycles. The van der Waals surface area contributed by atoms with E-state index in [1.807, 2.05) is 11.3 Å². The maximum Gasteiger partial charge on any atom is 0.0496 e. The molecule has 0 aliphatic heterocycles. The number of thiophene rings is 1. The van der Waals surface area contributed by atoms with Crippen molar-refractivity contribution in [1.82, 2.24) is 4.57 Å². The van der Waals surface area contributed by atoms with Gasteiger partial charge in [0.05, 0.1) is 0 Å². The van der Waals surface area contributed by atoms with Crippen LogP contribution in [0.25, 0.3) is 53.1 Å². The van der Waals surface area contributed by atoms with Crippen molar-refractivity contribution < 1.29 is 0 Å². The number of benzene rings is 4. The molecule has 1 aliphatic carbocycles. The van der Waals surface area contributed by atoms with E-state index in [1.165, 1.54) is 64.2 Å². The highest BCUT2D eigenvalue weighted by atomic mass is 32.1. The zero-order valence-corrected chi connectivity index (χ0v) is 18.1. The van der Waals surface area contributed by atoms with Crippen molar-refractivity contribution in [1.29, 1.82) is 0 Å². The van der Waals surface area contributed by atoms with E-state index in [1.54, 1.807) is 0 Å². The molecular formula is C28H21NS. The molecule has 0 radical (unpaired) electrons. The zero-order chi connectivity index (χ0) is 20.2. The summed E-state index contributed by atoms with van der Waals surface area (Å²) < 4.78 is 5.12. The van der Waals surface area contributed by atoms with E-state index >= 15 is 0 Å². The Morgan fingerprint density at radius 2 is 1.40 bits per heavy atom. The first-order valence-corrected chi connectivity index (χ1v) is 11.3. The molecule has 0 bridgehead atoms. The first kappa shape index (κ1) is 16.7. The maximum absolute atomic E-state index is 2.38. The highest BCUT2D eigenvalue weighted by Gasteiger charge is 2.37. The first-order chi connectivity index (χ1) is 14.6. The summed E-state index contributed by atoms with van der Waals surface area (Å²) in [5.74, 6) is 0. The van der Waals surface area contributed by atoms with Gasteiger partial charge in [0.2, 0.25) is 0 Å². The molecule has 1 aliphatic rings. The zero-order valence-electron chi connectivity index (χ0n) is 17.3. The van der Waals surface area contributed by atoms with Crippen LogP contribution < -0.4 is 0 Å². The fourth-order valence-corrected chi connectivity index (χ4v) is 6.90. The van der Waals surface area contributed by atoms with E-state index < -0.39 is 0 Å². The van der Waals surface area contributed by atoms with E-state index in [4.69, 9.17) is 0 Å². The largest absolute Gasteiger partial charge is 0.344 e. The monoisotopic (exact) mass is 403 g/mol. The predicted molar refractivity (Wildman–Crippen MR) is 131 cm³/mol. The van der Waals surface area contributed by atoms with Crippen LogP contribution in [0.5, 0.6) is 0 Å². The molecule has 7 rings (SSSR count). The van der Waals surface area contributed by atoms with Gasteiger partial charge in [-0.3, -0.25) is 0 Å². The lowest BCUT2D eigenvalue weighted by Crippen LogP contribution is -2.14. The lowest BCUT2D eigenvalue weighted by Gasteiger charge is -2.21. The third-order valence-electron chi connectivity index (χ3n) is 7.22. The summed E-state index contributed by atoms with van der Waals surface area (Å²) in [6, 6.07) is 27.1. The topological polar surface area (TPSA) is 4.93 Å². The Labute approximate surface area is 179 Å². The Hall–Kier alpha value is -3.10. The minimum absolute atomic E-state index is 0.0207. The number of hydrogen-bond donors (Lipinski definition) is 0. The van der Waals surface area contributed by atoms with E-state index in [-0.39, 0.29) is 5.41 Å². The van der Waals surface area contributed by atoms with Crippen LogP contribution in [0.4, 0.5) is 0 Å². The number of aryl methyl sites for hydroxylation is 1. The molecule has 2 heterocycles. The molecule has 0 N–H and O–H groups in total. The molecule has 144 valence electrons. The SMILES string of the molecule is Cn1c2ccc3c(c2c2c4c(ccc21)sc1ccccc14)-c1ccccc1C3(C)C. The molecule has 0 unspecified atom stereocenters. The number of nitrogens with zero attached hydrogens (tertiary/aromatic N) is 1. The summed E-state index contributed by atoms with van der Waals surface area (Å²) in [5, 5.41) is 5.61. The Morgan fingerprint density at radius 3 is 2.30 bits per heavy atom. The lowest BCUT2D eigenvalue weighted by molar-refractivity contribution is 0.661. The second-order valence-electron chi connectivity index (χ2n) is 9.04. The Morgan fingerprint density at radius 1 is 0.667 bits per heavy atom. The average Bonchev–Trinajstić information content (AvgIpc) is 3.35. The summed E-state index contributed by atoms with van der Waals surface area (Å²) in [6.07, 6.45) is 0. The van der Waals surface area contributed by atoms with Gasteiger partial charge in [-0.1, -0.05) is 62.4 Å². The van der Waals surface area contributed by atoms with Crippen LogP contribution in [-0.4, -0.2) is 4.57 Å². The van der Waals surface area contributed by atoms with Crippen LogP contribution in [-0.2, 0) is 12.5 Å². The summed E-state index contributed by atoms with van der Waals surface area (Å²) >= 11 is 1.90. The number of hydrogen-bond acceptors (Lipinski definition) is 1. The van der Waals surface area contributed by atoms with Crippen molar-refractivity contribution >= 4 is 53.3 Å². The van der Waals surface area contributed by atoms with Gasteiger partial charge < -0.3 is 4.57 Å². The van der Waals surface area contributed by atoms with Gasteiger partial charge in [0, 0.05) is 54.4 Å². The molecule has 2 heteroatoms. The Bertz CT molecular complexity index is 1680. The molecule has 6 aromatic rings. The van der Waals surface area contributed by atoms with Crippen LogP contribution in [0.15, 0.2) is 72.8 Å². The van der Waals surface area contributed by atoms with Gasteiger partial charge >= 0.3 is 0 Å².